The van der Waals surface area contributed by atoms with Gasteiger partial charge in [0.2, 0.25) is 5.91 Å². The van der Waals surface area contributed by atoms with Crippen LogP contribution in [0.25, 0.3) is 0 Å². The van der Waals surface area contributed by atoms with E-state index in [1.54, 1.807) is 40.6 Å². The quantitative estimate of drug-likeness (QED) is 0.724. The number of piperazine rings is 1. The van der Waals surface area contributed by atoms with Crippen LogP contribution in [-0.2, 0) is 19.6 Å². The van der Waals surface area contributed by atoms with E-state index < -0.39 is 22.1 Å². The molecule has 0 spiro atoms. The zero-order valence-corrected chi connectivity index (χ0v) is 16.0. The van der Waals surface area contributed by atoms with E-state index in [9.17, 15) is 18.0 Å². The Morgan fingerprint density at radius 1 is 1.11 bits per heavy atom. The summed E-state index contributed by atoms with van der Waals surface area (Å²) in [5.74, 6) is -0.548. The van der Waals surface area contributed by atoms with Crippen LogP contribution in [0.3, 0.4) is 0 Å². The molecule has 142 valence electrons. The molecular weight excluding hydrogens is 388 g/mol. The SMILES string of the molecule is O=C1O[C@H](CC(=O)N2CCN(S(=O)(=O)c3cccs3)CC2)c2ccccc21. The summed E-state index contributed by atoms with van der Waals surface area (Å²) >= 11 is 1.19. The highest BCUT2D eigenvalue weighted by molar-refractivity contribution is 7.91. The van der Waals surface area contributed by atoms with Gasteiger partial charge in [-0.15, -0.1) is 11.3 Å². The largest absolute Gasteiger partial charge is 0.453 e. The molecule has 0 radical (unpaired) electrons. The molecule has 1 atom stereocenters. The van der Waals surface area contributed by atoms with Crippen molar-refractivity contribution in [2.45, 2.75) is 16.7 Å². The molecule has 0 saturated carbocycles. The van der Waals surface area contributed by atoms with Gasteiger partial charge in [-0.3, -0.25) is 4.79 Å². The van der Waals surface area contributed by atoms with E-state index in [-0.39, 0.29) is 25.4 Å². The number of sulfonamides is 1. The second-order valence-corrected chi connectivity index (χ2v) is 9.51. The smallest absolute Gasteiger partial charge is 0.339 e. The van der Waals surface area contributed by atoms with E-state index in [4.69, 9.17) is 4.74 Å². The fourth-order valence-corrected chi connectivity index (χ4v) is 5.94. The van der Waals surface area contributed by atoms with E-state index in [1.807, 2.05) is 6.07 Å². The van der Waals surface area contributed by atoms with E-state index >= 15 is 0 Å². The van der Waals surface area contributed by atoms with E-state index in [0.717, 1.165) is 5.56 Å². The normalized spacial score (nSPS) is 20.4. The summed E-state index contributed by atoms with van der Waals surface area (Å²) in [4.78, 5) is 26.1. The Kier molecular flexibility index (Phi) is 4.75. The van der Waals surface area contributed by atoms with Crippen LogP contribution in [0.5, 0.6) is 0 Å². The van der Waals surface area contributed by atoms with Crippen molar-refractivity contribution in [3.05, 3.63) is 52.9 Å². The number of thiophene rings is 1. The fourth-order valence-electron chi connectivity index (χ4n) is 3.37. The van der Waals surface area contributed by atoms with Gasteiger partial charge in [0.15, 0.2) is 0 Å². The van der Waals surface area contributed by atoms with Crippen molar-refractivity contribution in [1.82, 2.24) is 9.21 Å². The number of carbonyl (C=O) groups is 2. The van der Waals surface area contributed by atoms with Crippen LogP contribution in [0, 0.1) is 0 Å². The summed E-state index contributed by atoms with van der Waals surface area (Å²) < 4.78 is 32.2. The third kappa shape index (κ3) is 3.38. The maximum atomic E-state index is 12.6. The Balaban J connectivity index is 1.38. The number of carbonyl (C=O) groups excluding carboxylic acids is 2. The lowest BCUT2D eigenvalue weighted by Crippen LogP contribution is -2.50. The van der Waals surface area contributed by atoms with Crippen LogP contribution in [0.15, 0.2) is 46.0 Å². The average Bonchev–Trinajstić information content (AvgIpc) is 3.32. The molecule has 0 unspecified atom stereocenters. The zero-order chi connectivity index (χ0) is 19.0. The van der Waals surface area contributed by atoms with Gasteiger partial charge in [0.05, 0.1) is 12.0 Å². The van der Waals surface area contributed by atoms with Crippen molar-refractivity contribution in [3.8, 4) is 0 Å². The highest BCUT2D eigenvalue weighted by Crippen LogP contribution is 2.33. The number of rotatable bonds is 4. The summed E-state index contributed by atoms with van der Waals surface area (Å²) in [6.45, 7) is 1.16. The molecular formula is C18H18N2O5S2. The lowest BCUT2D eigenvalue weighted by atomic mass is 10.0. The first-order chi connectivity index (χ1) is 13.0. The highest BCUT2D eigenvalue weighted by Gasteiger charge is 2.35. The topological polar surface area (TPSA) is 84.0 Å². The molecule has 9 heteroatoms. The van der Waals surface area contributed by atoms with E-state index in [1.165, 1.54) is 15.6 Å². The highest BCUT2D eigenvalue weighted by atomic mass is 32.2. The zero-order valence-electron chi connectivity index (χ0n) is 14.4. The maximum Gasteiger partial charge on any atom is 0.339 e. The molecule has 2 aliphatic rings. The van der Waals surface area contributed by atoms with E-state index in [2.05, 4.69) is 0 Å². The summed E-state index contributed by atoms with van der Waals surface area (Å²) in [7, 11) is -3.49. The third-order valence-electron chi connectivity index (χ3n) is 4.82. The number of hydrogen-bond donors (Lipinski definition) is 0. The van der Waals surface area contributed by atoms with Gasteiger partial charge >= 0.3 is 5.97 Å². The van der Waals surface area contributed by atoms with Crippen LogP contribution < -0.4 is 0 Å². The van der Waals surface area contributed by atoms with Crippen molar-refractivity contribution in [1.29, 1.82) is 0 Å². The van der Waals surface area contributed by atoms with Gasteiger partial charge in [0.25, 0.3) is 10.0 Å². The van der Waals surface area contributed by atoms with Crippen LogP contribution in [0.2, 0.25) is 0 Å². The number of esters is 1. The maximum absolute atomic E-state index is 12.6. The number of hydrogen-bond acceptors (Lipinski definition) is 6. The van der Waals surface area contributed by atoms with Gasteiger partial charge < -0.3 is 9.64 Å². The summed E-state index contributed by atoms with van der Waals surface area (Å²) in [5.41, 5.74) is 1.23. The number of benzene rings is 1. The van der Waals surface area contributed by atoms with Crippen molar-refractivity contribution in [3.63, 3.8) is 0 Å². The molecule has 0 bridgehead atoms. The average molecular weight is 406 g/mol. The van der Waals surface area contributed by atoms with Crippen molar-refractivity contribution in [2.75, 3.05) is 26.2 Å². The van der Waals surface area contributed by atoms with E-state index in [0.29, 0.717) is 22.9 Å². The minimum Gasteiger partial charge on any atom is -0.453 e. The predicted octanol–water partition coefficient (Wildman–Crippen LogP) is 1.88. The second-order valence-electron chi connectivity index (χ2n) is 6.40. The molecule has 1 aromatic heterocycles. The first-order valence-corrected chi connectivity index (χ1v) is 10.9. The molecule has 4 rings (SSSR count). The Hall–Kier alpha value is -2.23. The Morgan fingerprint density at radius 2 is 1.85 bits per heavy atom. The fraction of sp³-hybridized carbons (Fsp3) is 0.333. The number of fused-ring (bicyclic) bond motifs is 1. The molecule has 1 aromatic carbocycles. The Labute approximate surface area is 161 Å². The van der Waals surface area contributed by atoms with Crippen LogP contribution in [0.1, 0.15) is 28.4 Å². The molecule has 1 amide bonds. The van der Waals surface area contributed by atoms with Crippen molar-refractivity contribution < 1.29 is 22.7 Å². The molecule has 1 fully saturated rings. The van der Waals surface area contributed by atoms with Gasteiger partial charge in [-0.25, -0.2) is 13.2 Å². The molecule has 2 aromatic rings. The first-order valence-electron chi connectivity index (χ1n) is 8.58. The van der Waals surface area contributed by atoms with Crippen LogP contribution in [0.4, 0.5) is 0 Å². The summed E-state index contributed by atoms with van der Waals surface area (Å²) in [6.07, 6.45) is -0.505. The number of nitrogens with zero attached hydrogens (tertiary/aromatic N) is 2. The standard InChI is InChI=1S/C18H18N2O5S2/c21-16(12-15-13-4-1-2-5-14(13)18(22)25-15)19-7-9-20(10-8-19)27(23,24)17-6-3-11-26-17/h1-6,11,15H,7-10,12H2/t15-/m1/s1. The molecule has 7 nitrogen and oxygen atoms in total. The molecule has 1 saturated heterocycles. The molecule has 2 aliphatic heterocycles. The monoisotopic (exact) mass is 406 g/mol. The summed E-state index contributed by atoms with van der Waals surface area (Å²) in [5, 5.41) is 1.73. The second kappa shape index (κ2) is 7.06. The molecule has 0 aliphatic carbocycles. The minimum atomic E-state index is -3.49. The predicted molar refractivity (Wildman–Crippen MR) is 98.9 cm³/mol. The number of cyclic esters (lactones) is 1. The Morgan fingerprint density at radius 3 is 2.56 bits per heavy atom. The number of amides is 1. The van der Waals surface area contributed by atoms with Gasteiger partial charge in [0, 0.05) is 31.7 Å². The number of ether oxygens (including phenoxy) is 1. The molecule has 0 N–H and O–H groups in total. The van der Waals surface area contributed by atoms with Crippen LogP contribution in [-0.4, -0.2) is 55.7 Å². The molecule has 3 heterocycles. The van der Waals surface area contributed by atoms with Gasteiger partial charge in [-0.05, 0) is 17.5 Å². The summed E-state index contributed by atoms with van der Waals surface area (Å²) in [6, 6.07) is 10.4. The lowest BCUT2D eigenvalue weighted by molar-refractivity contribution is -0.134. The van der Waals surface area contributed by atoms with Crippen molar-refractivity contribution in [2.24, 2.45) is 0 Å². The lowest BCUT2D eigenvalue weighted by Gasteiger charge is -2.34. The van der Waals surface area contributed by atoms with Gasteiger partial charge in [0.1, 0.15) is 10.3 Å². The first kappa shape index (κ1) is 18.1. The van der Waals surface area contributed by atoms with Crippen LogP contribution >= 0.6 is 11.3 Å². The Bertz CT molecular complexity index is 963. The van der Waals surface area contributed by atoms with Crippen molar-refractivity contribution >= 4 is 33.2 Å². The molecule has 27 heavy (non-hydrogen) atoms. The third-order valence-corrected chi connectivity index (χ3v) is 8.09. The van der Waals surface area contributed by atoms with Gasteiger partial charge in [-0.1, -0.05) is 24.3 Å². The minimum absolute atomic E-state index is 0.0699. The van der Waals surface area contributed by atoms with Gasteiger partial charge in [-0.2, -0.15) is 4.31 Å².